The molecular formula is C14H21NOS. The van der Waals surface area contributed by atoms with E-state index in [1.807, 2.05) is 18.7 Å². The van der Waals surface area contributed by atoms with Gasteiger partial charge in [0, 0.05) is 30.2 Å². The number of nitrogens with one attached hydrogen (secondary N) is 1. The van der Waals surface area contributed by atoms with Crippen molar-refractivity contribution in [2.75, 3.05) is 19.0 Å². The van der Waals surface area contributed by atoms with Gasteiger partial charge in [-0.3, -0.25) is 0 Å². The third-order valence-corrected chi connectivity index (χ3v) is 4.11. The second kappa shape index (κ2) is 6.43. The Labute approximate surface area is 108 Å². The molecule has 0 aliphatic carbocycles. The highest BCUT2D eigenvalue weighted by Crippen LogP contribution is 2.31. The number of hydrogen-bond donors (Lipinski definition) is 1. The van der Waals surface area contributed by atoms with Gasteiger partial charge in [-0.05, 0) is 25.0 Å². The van der Waals surface area contributed by atoms with Crippen molar-refractivity contribution in [1.29, 1.82) is 0 Å². The summed E-state index contributed by atoms with van der Waals surface area (Å²) in [7, 11) is 0. The van der Waals surface area contributed by atoms with Crippen LogP contribution >= 0.6 is 11.8 Å². The van der Waals surface area contributed by atoms with Gasteiger partial charge in [0.15, 0.2) is 0 Å². The van der Waals surface area contributed by atoms with Crippen LogP contribution in [0.25, 0.3) is 0 Å². The van der Waals surface area contributed by atoms with E-state index < -0.39 is 0 Å². The van der Waals surface area contributed by atoms with Crippen LogP contribution in [0.15, 0.2) is 24.3 Å². The quantitative estimate of drug-likeness (QED) is 0.869. The van der Waals surface area contributed by atoms with E-state index in [0.717, 1.165) is 24.7 Å². The predicted octanol–water partition coefficient (Wildman–Crippen LogP) is 2.99. The Bertz CT molecular complexity index is 356. The zero-order valence-corrected chi connectivity index (χ0v) is 11.4. The van der Waals surface area contributed by atoms with Gasteiger partial charge in [-0.1, -0.05) is 24.3 Å². The van der Waals surface area contributed by atoms with Gasteiger partial charge in [0.25, 0.3) is 0 Å². The molecule has 1 aromatic carbocycles. The highest BCUT2D eigenvalue weighted by Gasteiger charge is 2.21. The number of fused-ring (bicyclic) bond motifs is 1. The third-order valence-electron chi connectivity index (χ3n) is 3.03. The normalized spacial score (nSPS) is 20.9. The van der Waals surface area contributed by atoms with E-state index >= 15 is 0 Å². The van der Waals surface area contributed by atoms with Gasteiger partial charge in [0.1, 0.15) is 0 Å². The Morgan fingerprint density at radius 2 is 2.29 bits per heavy atom. The third kappa shape index (κ3) is 3.47. The molecule has 0 bridgehead atoms. The molecule has 94 valence electrons. The molecule has 3 heteroatoms. The number of rotatable bonds is 5. The van der Waals surface area contributed by atoms with Gasteiger partial charge in [-0.2, -0.15) is 11.8 Å². The maximum absolute atomic E-state index is 5.46. The maximum atomic E-state index is 5.46. The number of ether oxygens (including phenoxy) is 1. The molecule has 2 rings (SSSR count). The van der Waals surface area contributed by atoms with Gasteiger partial charge in [-0.15, -0.1) is 0 Å². The lowest BCUT2D eigenvalue weighted by Crippen LogP contribution is -2.36. The first kappa shape index (κ1) is 12.9. The van der Waals surface area contributed by atoms with Crippen molar-refractivity contribution in [3.05, 3.63) is 35.4 Å². The van der Waals surface area contributed by atoms with E-state index in [-0.39, 0.29) is 0 Å². The van der Waals surface area contributed by atoms with E-state index in [1.165, 1.54) is 11.1 Å². The average molecular weight is 251 g/mol. The molecule has 2 unspecified atom stereocenters. The molecule has 0 amide bonds. The van der Waals surface area contributed by atoms with Crippen LogP contribution < -0.4 is 5.32 Å². The number of hydrogen-bond acceptors (Lipinski definition) is 3. The van der Waals surface area contributed by atoms with E-state index in [2.05, 4.69) is 36.5 Å². The monoisotopic (exact) mass is 251 g/mol. The molecule has 1 aromatic rings. The van der Waals surface area contributed by atoms with Crippen molar-refractivity contribution in [2.45, 2.75) is 31.7 Å². The Hall–Kier alpha value is -0.510. The lowest BCUT2D eigenvalue weighted by Gasteiger charge is -2.28. The topological polar surface area (TPSA) is 21.3 Å². The van der Waals surface area contributed by atoms with Gasteiger partial charge >= 0.3 is 0 Å². The average Bonchev–Trinajstić information content (AvgIpc) is 2.37. The molecule has 1 aliphatic heterocycles. The fraction of sp³-hybridized carbons (Fsp3) is 0.571. The van der Waals surface area contributed by atoms with E-state index in [9.17, 15) is 0 Å². The van der Waals surface area contributed by atoms with Crippen molar-refractivity contribution >= 4 is 11.8 Å². The summed E-state index contributed by atoms with van der Waals surface area (Å²) in [6.45, 7) is 5.82. The number of thioether (sulfide) groups is 1. The van der Waals surface area contributed by atoms with Crippen LogP contribution in [0.1, 0.15) is 31.0 Å². The lowest BCUT2D eigenvalue weighted by molar-refractivity contribution is 0.124. The fourth-order valence-electron chi connectivity index (χ4n) is 2.21. The van der Waals surface area contributed by atoms with Crippen LogP contribution in [-0.4, -0.2) is 25.0 Å². The van der Waals surface area contributed by atoms with Gasteiger partial charge in [0.05, 0.1) is 6.61 Å². The van der Waals surface area contributed by atoms with Crippen molar-refractivity contribution in [1.82, 2.24) is 5.32 Å². The van der Waals surface area contributed by atoms with Crippen molar-refractivity contribution in [3.8, 4) is 0 Å². The summed E-state index contributed by atoms with van der Waals surface area (Å²) in [5.41, 5.74) is 2.94. The molecule has 0 aromatic heterocycles. The Balaban J connectivity index is 1.98. The summed E-state index contributed by atoms with van der Waals surface area (Å²) >= 11 is 2.01. The van der Waals surface area contributed by atoms with Gasteiger partial charge < -0.3 is 10.1 Å². The molecule has 0 spiro atoms. The highest BCUT2D eigenvalue weighted by molar-refractivity contribution is 7.98. The summed E-state index contributed by atoms with van der Waals surface area (Å²) < 4.78 is 5.46. The maximum Gasteiger partial charge on any atom is 0.0616 e. The molecule has 0 radical (unpaired) electrons. The lowest BCUT2D eigenvalue weighted by atomic mass is 10.0. The minimum absolute atomic E-state index is 0.409. The van der Waals surface area contributed by atoms with Crippen LogP contribution in [-0.2, 0) is 10.5 Å². The minimum Gasteiger partial charge on any atom is -0.380 e. The van der Waals surface area contributed by atoms with Crippen LogP contribution in [0, 0.1) is 0 Å². The van der Waals surface area contributed by atoms with E-state index in [1.54, 1.807) is 0 Å². The van der Waals surface area contributed by atoms with Crippen molar-refractivity contribution < 1.29 is 4.74 Å². The SMILES string of the molecule is CCOCC(C)NC1CSCc2ccccc21. The largest absolute Gasteiger partial charge is 0.380 e. The van der Waals surface area contributed by atoms with Crippen LogP contribution in [0.2, 0.25) is 0 Å². The summed E-state index contributed by atoms with van der Waals surface area (Å²) in [6.07, 6.45) is 0. The molecule has 1 aliphatic rings. The molecule has 0 fully saturated rings. The highest BCUT2D eigenvalue weighted by atomic mass is 32.2. The first-order valence-electron chi connectivity index (χ1n) is 6.30. The first-order chi connectivity index (χ1) is 8.31. The van der Waals surface area contributed by atoms with Crippen LogP contribution in [0.4, 0.5) is 0 Å². The second-order valence-electron chi connectivity index (χ2n) is 4.49. The van der Waals surface area contributed by atoms with Crippen molar-refractivity contribution in [3.63, 3.8) is 0 Å². The van der Waals surface area contributed by atoms with Crippen LogP contribution in [0.3, 0.4) is 0 Å². The summed E-state index contributed by atoms with van der Waals surface area (Å²) in [5.74, 6) is 2.31. The summed E-state index contributed by atoms with van der Waals surface area (Å²) in [5, 5.41) is 3.66. The summed E-state index contributed by atoms with van der Waals surface area (Å²) in [4.78, 5) is 0. The molecule has 0 saturated carbocycles. The van der Waals surface area contributed by atoms with Gasteiger partial charge in [-0.25, -0.2) is 0 Å². The number of benzene rings is 1. The summed E-state index contributed by atoms with van der Waals surface area (Å²) in [6, 6.07) is 9.64. The predicted molar refractivity (Wildman–Crippen MR) is 74.4 cm³/mol. The van der Waals surface area contributed by atoms with Crippen molar-refractivity contribution in [2.24, 2.45) is 0 Å². The van der Waals surface area contributed by atoms with Crippen LogP contribution in [0.5, 0.6) is 0 Å². The van der Waals surface area contributed by atoms with E-state index in [4.69, 9.17) is 4.74 Å². The molecule has 2 atom stereocenters. The zero-order valence-electron chi connectivity index (χ0n) is 10.6. The minimum atomic E-state index is 0.409. The Morgan fingerprint density at radius 3 is 3.12 bits per heavy atom. The zero-order chi connectivity index (χ0) is 12.1. The Kier molecular flexibility index (Phi) is 4.89. The molecule has 1 N–H and O–H groups in total. The second-order valence-corrected chi connectivity index (χ2v) is 5.52. The molecular weight excluding hydrogens is 230 g/mol. The fourth-order valence-corrected chi connectivity index (χ4v) is 3.32. The molecule has 0 saturated heterocycles. The molecule has 1 heterocycles. The standard InChI is InChI=1S/C14H21NOS/c1-3-16-8-11(2)15-14-10-17-9-12-6-4-5-7-13(12)14/h4-7,11,14-15H,3,8-10H2,1-2H3. The molecule has 2 nitrogen and oxygen atoms in total. The smallest absolute Gasteiger partial charge is 0.0616 e. The van der Waals surface area contributed by atoms with Gasteiger partial charge in [0.2, 0.25) is 0 Å². The van der Waals surface area contributed by atoms with E-state index in [0.29, 0.717) is 12.1 Å². The Morgan fingerprint density at radius 1 is 1.47 bits per heavy atom. The molecule has 17 heavy (non-hydrogen) atoms. The first-order valence-corrected chi connectivity index (χ1v) is 7.46.